The van der Waals surface area contributed by atoms with Crippen LogP contribution in [0.15, 0.2) is 36.4 Å². The molecule has 8 heteroatoms. The van der Waals surface area contributed by atoms with Crippen LogP contribution in [0.4, 0.5) is 21.5 Å². The van der Waals surface area contributed by atoms with Crippen molar-refractivity contribution >= 4 is 23.0 Å². The Kier molecular flexibility index (Phi) is 5.54. The zero-order chi connectivity index (χ0) is 19.4. The highest BCUT2D eigenvalue weighted by Crippen LogP contribution is 2.29. The highest BCUT2D eigenvalue weighted by atomic mass is 19.1. The lowest BCUT2D eigenvalue weighted by Crippen LogP contribution is -2.30. The van der Waals surface area contributed by atoms with Crippen molar-refractivity contribution in [1.82, 2.24) is 0 Å². The van der Waals surface area contributed by atoms with Gasteiger partial charge in [-0.25, -0.2) is 4.39 Å². The fraction of sp³-hybridized carbons (Fsp3) is 0.316. The predicted molar refractivity (Wildman–Crippen MR) is 100 cm³/mol. The number of nitrogens with zero attached hydrogens (tertiary/aromatic N) is 2. The van der Waals surface area contributed by atoms with Gasteiger partial charge in [-0.1, -0.05) is 0 Å². The first-order valence-electron chi connectivity index (χ1n) is 8.68. The number of anilines is 2. The van der Waals surface area contributed by atoms with Crippen LogP contribution in [0, 0.1) is 15.9 Å². The van der Waals surface area contributed by atoms with Crippen molar-refractivity contribution in [3.8, 4) is 5.75 Å². The van der Waals surface area contributed by atoms with Gasteiger partial charge in [-0.3, -0.25) is 14.9 Å². The Balaban J connectivity index is 1.77. The van der Waals surface area contributed by atoms with Gasteiger partial charge in [0.05, 0.1) is 17.7 Å². The van der Waals surface area contributed by atoms with Crippen molar-refractivity contribution in [3.05, 3.63) is 57.9 Å². The number of amides is 1. The third kappa shape index (κ3) is 4.16. The minimum Gasteiger partial charge on any atom is -0.490 e. The van der Waals surface area contributed by atoms with Gasteiger partial charge >= 0.3 is 5.69 Å². The number of nitrogens with one attached hydrogen (secondary N) is 1. The standard InChI is InChI=1S/C19H20FN3O4/c1-27-18-8-5-13(11-17(18)23(25)26)19(24)21-14-6-7-16(15(20)12-14)22-9-3-2-4-10-22/h5-8,11-12H,2-4,9-10H2,1H3,(H,21,24). The van der Waals surface area contributed by atoms with Gasteiger partial charge in [0, 0.05) is 30.4 Å². The normalized spacial score (nSPS) is 13.9. The number of hydrogen-bond acceptors (Lipinski definition) is 5. The van der Waals surface area contributed by atoms with Crippen molar-refractivity contribution in [2.45, 2.75) is 19.3 Å². The van der Waals surface area contributed by atoms with Gasteiger partial charge in [0.25, 0.3) is 5.91 Å². The highest BCUT2D eigenvalue weighted by Gasteiger charge is 2.19. The summed E-state index contributed by atoms with van der Waals surface area (Å²) in [7, 11) is 1.31. The van der Waals surface area contributed by atoms with E-state index in [9.17, 15) is 19.3 Å². The van der Waals surface area contributed by atoms with Crippen molar-refractivity contribution in [2.24, 2.45) is 0 Å². The van der Waals surface area contributed by atoms with Crippen molar-refractivity contribution in [3.63, 3.8) is 0 Å². The highest BCUT2D eigenvalue weighted by molar-refractivity contribution is 6.04. The molecule has 2 aromatic carbocycles. The first kappa shape index (κ1) is 18.6. The molecule has 1 aliphatic heterocycles. The molecule has 7 nitrogen and oxygen atoms in total. The van der Waals surface area contributed by atoms with Crippen molar-refractivity contribution in [2.75, 3.05) is 30.4 Å². The molecule has 1 heterocycles. The Morgan fingerprint density at radius 1 is 1.19 bits per heavy atom. The van der Waals surface area contributed by atoms with E-state index in [1.165, 1.54) is 25.3 Å². The van der Waals surface area contributed by atoms with E-state index in [4.69, 9.17) is 4.74 Å². The average Bonchev–Trinajstić information content (AvgIpc) is 2.68. The van der Waals surface area contributed by atoms with Crippen LogP contribution in [0.1, 0.15) is 29.6 Å². The van der Waals surface area contributed by atoms with Gasteiger partial charge in [0.1, 0.15) is 5.82 Å². The second kappa shape index (κ2) is 8.03. The first-order chi connectivity index (χ1) is 13.0. The van der Waals surface area contributed by atoms with Crippen LogP contribution in [0.2, 0.25) is 0 Å². The van der Waals surface area contributed by atoms with Crippen LogP contribution in [0.25, 0.3) is 0 Å². The molecule has 1 saturated heterocycles. The summed E-state index contributed by atoms with van der Waals surface area (Å²) in [5.41, 5.74) is 0.587. The van der Waals surface area contributed by atoms with Gasteiger partial charge in [-0.2, -0.15) is 0 Å². The van der Waals surface area contributed by atoms with Gasteiger partial charge in [-0.05, 0) is 49.6 Å². The molecule has 142 valence electrons. The van der Waals surface area contributed by atoms with Crippen molar-refractivity contribution < 1.29 is 18.8 Å². The summed E-state index contributed by atoms with van der Waals surface area (Å²) >= 11 is 0. The molecule has 0 atom stereocenters. The van der Waals surface area contributed by atoms with Gasteiger partial charge < -0.3 is 15.0 Å². The molecular formula is C19H20FN3O4. The minimum absolute atomic E-state index is 0.0634. The molecule has 27 heavy (non-hydrogen) atoms. The Hall–Kier alpha value is -3.16. The van der Waals surface area contributed by atoms with Crippen molar-refractivity contribution in [1.29, 1.82) is 0 Å². The van der Waals surface area contributed by atoms with E-state index in [1.807, 2.05) is 4.90 Å². The molecule has 1 fully saturated rings. The Morgan fingerprint density at radius 3 is 2.56 bits per heavy atom. The van der Waals surface area contributed by atoms with Crippen LogP contribution in [0.3, 0.4) is 0 Å². The van der Waals surface area contributed by atoms with Gasteiger partial charge in [0.2, 0.25) is 0 Å². The summed E-state index contributed by atoms with van der Waals surface area (Å²) in [5, 5.41) is 13.7. The molecule has 0 aliphatic carbocycles. The summed E-state index contributed by atoms with van der Waals surface area (Å²) in [6, 6.07) is 8.44. The monoisotopic (exact) mass is 373 g/mol. The molecule has 1 N–H and O–H groups in total. The fourth-order valence-corrected chi connectivity index (χ4v) is 3.15. The van der Waals surface area contributed by atoms with E-state index in [2.05, 4.69) is 5.32 Å². The van der Waals surface area contributed by atoms with E-state index in [0.717, 1.165) is 38.4 Å². The maximum Gasteiger partial charge on any atom is 0.311 e. The smallest absolute Gasteiger partial charge is 0.311 e. The number of carbonyl (C=O) groups excluding carboxylic acids is 1. The van der Waals surface area contributed by atoms with E-state index < -0.39 is 16.6 Å². The number of nitro groups is 1. The third-order valence-electron chi connectivity index (χ3n) is 4.54. The largest absolute Gasteiger partial charge is 0.490 e. The SMILES string of the molecule is COc1ccc(C(=O)Nc2ccc(N3CCCCC3)c(F)c2)cc1[N+](=O)[O-]. The van der Waals surface area contributed by atoms with E-state index in [-0.39, 0.29) is 22.7 Å². The maximum atomic E-state index is 14.5. The number of benzene rings is 2. The topological polar surface area (TPSA) is 84.7 Å². The zero-order valence-electron chi connectivity index (χ0n) is 14.9. The molecule has 0 saturated carbocycles. The molecule has 1 amide bonds. The summed E-state index contributed by atoms with van der Waals surface area (Å²) in [5.74, 6) is -0.908. The van der Waals surface area contributed by atoms with Gasteiger partial charge in [-0.15, -0.1) is 0 Å². The second-order valence-corrected chi connectivity index (χ2v) is 6.31. The first-order valence-corrected chi connectivity index (χ1v) is 8.68. The third-order valence-corrected chi connectivity index (χ3v) is 4.54. The molecule has 1 aliphatic rings. The van der Waals surface area contributed by atoms with Gasteiger partial charge in [0.15, 0.2) is 5.75 Å². The molecule has 0 aromatic heterocycles. The lowest BCUT2D eigenvalue weighted by molar-refractivity contribution is -0.385. The average molecular weight is 373 g/mol. The maximum absolute atomic E-state index is 14.5. The van der Waals surface area contributed by atoms with Crippen LogP contribution >= 0.6 is 0 Å². The summed E-state index contributed by atoms with van der Waals surface area (Å²) in [6.45, 7) is 1.64. The number of hydrogen-bond donors (Lipinski definition) is 1. The summed E-state index contributed by atoms with van der Waals surface area (Å²) in [6.07, 6.45) is 3.22. The molecule has 0 unspecified atom stereocenters. The molecule has 0 radical (unpaired) electrons. The lowest BCUT2D eigenvalue weighted by atomic mass is 10.1. The van der Waals surface area contributed by atoms with Crippen LogP contribution in [-0.4, -0.2) is 31.0 Å². The number of methoxy groups -OCH3 is 1. The molecular weight excluding hydrogens is 353 g/mol. The van der Waals surface area contributed by atoms with E-state index >= 15 is 0 Å². The van der Waals surface area contributed by atoms with Crippen LogP contribution < -0.4 is 15.0 Å². The fourth-order valence-electron chi connectivity index (χ4n) is 3.15. The summed E-state index contributed by atoms with van der Waals surface area (Å²) in [4.78, 5) is 24.8. The second-order valence-electron chi connectivity index (χ2n) is 6.31. The zero-order valence-corrected chi connectivity index (χ0v) is 14.9. The molecule has 2 aromatic rings. The number of ether oxygens (including phenoxy) is 1. The molecule has 0 bridgehead atoms. The van der Waals surface area contributed by atoms with E-state index in [0.29, 0.717) is 5.69 Å². The summed E-state index contributed by atoms with van der Waals surface area (Å²) < 4.78 is 19.4. The molecule has 0 spiro atoms. The Labute approximate surface area is 155 Å². The predicted octanol–water partition coefficient (Wildman–Crippen LogP) is 3.99. The van der Waals surface area contributed by atoms with Crippen LogP contribution in [-0.2, 0) is 0 Å². The lowest BCUT2D eigenvalue weighted by Gasteiger charge is -2.29. The number of rotatable bonds is 5. The molecule has 3 rings (SSSR count). The quantitative estimate of drug-likeness (QED) is 0.633. The van der Waals surface area contributed by atoms with E-state index in [1.54, 1.807) is 12.1 Å². The Morgan fingerprint density at radius 2 is 1.93 bits per heavy atom. The number of carbonyl (C=O) groups is 1. The van der Waals surface area contributed by atoms with Crippen LogP contribution in [0.5, 0.6) is 5.75 Å². The number of halogens is 1. The minimum atomic E-state index is -0.622. The Bertz CT molecular complexity index is 866. The number of nitro benzene ring substituents is 1. The number of piperidine rings is 1.